The molecule has 0 saturated carbocycles. The second-order valence-electron chi connectivity index (χ2n) is 6.80. The largest absolute Gasteiger partial charge is 0.352 e. The normalized spacial score (nSPS) is 17.0. The average molecular weight is 364 g/mol. The number of rotatable bonds is 5. The minimum atomic E-state index is -0.0307. The van der Waals surface area contributed by atoms with Crippen LogP contribution in [0.2, 0.25) is 0 Å². The number of hydrogen-bond donors (Lipinski definition) is 2. The van der Waals surface area contributed by atoms with Gasteiger partial charge in [-0.05, 0) is 36.6 Å². The summed E-state index contributed by atoms with van der Waals surface area (Å²) in [5.41, 5.74) is 3.22. The van der Waals surface area contributed by atoms with Crippen LogP contribution >= 0.6 is 0 Å². The monoisotopic (exact) mass is 364 g/mol. The van der Waals surface area contributed by atoms with E-state index in [1.165, 1.54) is 5.56 Å². The van der Waals surface area contributed by atoms with Gasteiger partial charge in [-0.2, -0.15) is 0 Å². The van der Waals surface area contributed by atoms with E-state index in [2.05, 4.69) is 50.9 Å². The van der Waals surface area contributed by atoms with Gasteiger partial charge in [-0.15, -0.1) is 0 Å². The molecule has 1 aliphatic heterocycles. The Hall–Kier alpha value is -2.82. The molecule has 1 atom stereocenters. The molecule has 142 valence electrons. The van der Waals surface area contributed by atoms with Crippen LogP contribution in [0.15, 0.2) is 59.6 Å². The van der Waals surface area contributed by atoms with Gasteiger partial charge in [0.25, 0.3) is 5.91 Å². The third kappa shape index (κ3) is 4.88. The van der Waals surface area contributed by atoms with Gasteiger partial charge in [-0.3, -0.25) is 9.79 Å². The molecule has 0 aromatic heterocycles. The molecule has 1 fully saturated rings. The maximum absolute atomic E-state index is 11.8. The summed E-state index contributed by atoms with van der Waals surface area (Å²) in [6.45, 7) is 5.24. The van der Waals surface area contributed by atoms with Crippen molar-refractivity contribution < 1.29 is 4.79 Å². The molecule has 2 N–H and O–H groups in total. The van der Waals surface area contributed by atoms with Crippen molar-refractivity contribution in [2.75, 3.05) is 26.7 Å². The van der Waals surface area contributed by atoms with Crippen molar-refractivity contribution in [2.45, 2.75) is 25.8 Å². The highest BCUT2D eigenvalue weighted by molar-refractivity contribution is 5.94. The van der Waals surface area contributed by atoms with E-state index in [0.717, 1.165) is 31.0 Å². The van der Waals surface area contributed by atoms with Crippen molar-refractivity contribution in [3.63, 3.8) is 0 Å². The second-order valence-corrected chi connectivity index (χ2v) is 6.80. The van der Waals surface area contributed by atoms with Gasteiger partial charge in [-0.25, -0.2) is 0 Å². The van der Waals surface area contributed by atoms with E-state index >= 15 is 0 Å². The predicted molar refractivity (Wildman–Crippen MR) is 110 cm³/mol. The summed E-state index contributed by atoms with van der Waals surface area (Å²) >= 11 is 0. The van der Waals surface area contributed by atoms with Gasteiger partial charge in [0, 0.05) is 44.7 Å². The summed E-state index contributed by atoms with van der Waals surface area (Å²) in [4.78, 5) is 18.6. The zero-order valence-corrected chi connectivity index (χ0v) is 16.1. The van der Waals surface area contributed by atoms with E-state index in [-0.39, 0.29) is 5.91 Å². The van der Waals surface area contributed by atoms with Gasteiger partial charge in [0.2, 0.25) is 0 Å². The molecule has 27 heavy (non-hydrogen) atoms. The molecule has 1 amide bonds. The van der Waals surface area contributed by atoms with Crippen molar-refractivity contribution in [2.24, 2.45) is 4.99 Å². The number of guanidine groups is 1. The topological polar surface area (TPSA) is 56.7 Å². The lowest BCUT2D eigenvalue weighted by Gasteiger charge is -2.22. The van der Waals surface area contributed by atoms with E-state index in [1.54, 1.807) is 0 Å². The Morgan fingerprint density at radius 3 is 2.52 bits per heavy atom. The fourth-order valence-corrected chi connectivity index (χ4v) is 3.50. The Kier molecular flexibility index (Phi) is 6.47. The van der Waals surface area contributed by atoms with E-state index in [9.17, 15) is 4.79 Å². The molecule has 1 saturated heterocycles. The number of benzene rings is 2. The van der Waals surface area contributed by atoms with Crippen LogP contribution < -0.4 is 10.6 Å². The van der Waals surface area contributed by atoms with Crippen molar-refractivity contribution in [3.8, 4) is 0 Å². The highest BCUT2D eigenvalue weighted by atomic mass is 16.1. The fourth-order valence-electron chi connectivity index (χ4n) is 3.50. The summed E-state index contributed by atoms with van der Waals surface area (Å²) < 4.78 is 0. The van der Waals surface area contributed by atoms with Gasteiger partial charge in [-0.1, -0.05) is 42.5 Å². The Balaban J connectivity index is 1.54. The average Bonchev–Trinajstić information content (AvgIpc) is 3.20. The van der Waals surface area contributed by atoms with Crippen molar-refractivity contribution in [1.29, 1.82) is 0 Å². The first kappa shape index (κ1) is 19.0. The molecule has 0 radical (unpaired) electrons. The SMILES string of the molecule is CCNC(=O)c1ccc(CNC(=NC)N2CCC(c3ccccc3)C2)cc1. The maximum Gasteiger partial charge on any atom is 0.251 e. The summed E-state index contributed by atoms with van der Waals surface area (Å²) in [7, 11) is 1.83. The van der Waals surface area contributed by atoms with Crippen LogP contribution in [-0.2, 0) is 6.54 Å². The molecule has 1 heterocycles. The van der Waals surface area contributed by atoms with Crippen LogP contribution in [0, 0.1) is 0 Å². The smallest absolute Gasteiger partial charge is 0.251 e. The van der Waals surface area contributed by atoms with Gasteiger partial charge >= 0.3 is 0 Å². The summed E-state index contributed by atoms with van der Waals surface area (Å²) in [5, 5.41) is 6.26. The van der Waals surface area contributed by atoms with E-state index in [0.29, 0.717) is 24.6 Å². The number of carbonyl (C=O) groups excluding carboxylic acids is 1. The number of amides is 1. The molecule has 0 spiro atoms. The van der Waals surface area contributed by atoms with E-state index in [4.69, 9.17) is 0 Å². The summed E-state index contributed by atoms with van der Waals surface area (Å²) in [5.74, 6) is 1.46. The Morgan fingerprint density at radius 1 is 1.11 bits per heavy atom. The van der Waals surface area contributed by atoms with Gasteiger partial charge in [0.15, 0.2) is 5.96 Å². The first-order valence-electron chi connectivity index (χ1n) is 9.59. The molecule has 0 aliphatic carbocycles. The standard InChI is InChI=1S/C22H28N4O/c1-3-24-21(27)19-11-9-17(10-12-19)15-25-22(23-2)26-14-13-20(16-26)18-7-5-4-6-8-18/h4-12,20H,3,13-16H2,1-2H3,(H,23,25)(H,24,27). The molecular weight excluding hydrogens is 336 g/mol. The fraction of sp³-hybridized carbons (Fsp3) is 0.364. The zero-order valence-electron chi connectivity index (χ0n) is 16.1. The van der Waals surface area contributed by atoms with Crippen molar-refractivity contribution in [1.82, 2.24) is 15.5 Å². The Bertz CT molecular complexity index is 771. The molecule has 2 aromatic rings. The Morgan fingerprint density at radius 2 is 1.85 bits per heavy atom. The van der Waals surface area contributed by atoms with Crippen LogP contribution in [0.3, 0.4) is 0 Å². The van der Waals surface area contributed by atoms with E-state index < -0.39 is 0 Å². The minimum absolute atomic E-state index is 0.0307. The van der Waals surface area contributed by atoms with Crippen LogP contribution in [0.25, 0.3) is 0 Å². The molecule has 5 nitrogen and oxygen atoms in total. The summed E-state index contributed by atoms with van der Waals surface area (Å²) in [6, 6.07) is 18.4. The van der Waals surface area contributed by atoms with Crippen LogP contribution in [0.1, 0.15) is 40.7 Å². The van der Waals surface area contributed by atoms with Crippen LogP contribution in [0.5, 0.6) is 0 Å². The molecule has 0 bridgehead atoms. The highest BCUT2D eigenvalue weighted by Gasteiger charge is 2.25. The number of hydrogen-bond acceptors (Lipinski definition) is 2. The van der Waals surface area contributed by atoms with Crippen molar-refractivity contribution in [3.05, 3.63) is 71.3 Å². The molecule has 1 unspecified atom stereocenters. The number of nitrogens with one attached hydrogen (secondary N) is 2. The number of likely N-dealkylation sites (tertiary alicyclic amines) is 1. The number of aliphatic imine (C=N–C) groups is 1. The zero-order chi connectivity index (χ0) is 19.1. The lowest BCUT2D eigenvalue weighted by molar-refractivity contribution is 0.0956. The van der Waals surface area contributed by atoms with Gasteiger partial charge in [0.05, 0.1) is 0 Å². The first-order valence-corrected chi connectivity index (χ1v) is 9.59. The third-order valence-electron chi connectivity index (χ3n) is 4.97. The lowest BCUT2D eigenvalue weighted by atomic mass is 9.99. The second kappa shape index (κ2) is 9.21. The Labute approximate surface area is 161 Å². The lowest BCUT2D eigenvalue weighted by Crippen LogP contribution is -2.39. The quantitative estimate of drug-likeness (QED) is 0.633. The molecular formula is C22H28N4O. The number of carbonyl (C=O) groups is 1. The maximum atomic E-state index is 11.8. The predicted octanol–water partition coefficient (Wildman–Crippen LogP) is 3.00. The highest BCUT2D eigenvalue weighted by Crippen LogP contribution is 2.26. The van der Waals surface area contributed by atoms with Gasteiger partial charge in [0.1, 0.15) is 0 Å². The van der Waals surface area contributed by atoms with Crippen LogP contribution in [-0.4, -0.2) is 43.4 Å². The first-order chi connectivity index (χ1) is 13.2. The molecule has 1 aliphatic rings. The minimum Gasteiger partial charge on any atom is -0.352 e. The third-order valence-corrected chi connectivity index (χ3v) is 4.97. The molecule has 2 aromatic carbocycles. The van der Waals surface area contributed by atoms with E-state index in [1.807, 2.05) is 38.2 Å². The summed E-state index contributed by atoms with van der Waals surface area (Å²) in [6.07, 6.45) is 1.14. The molecule has 5 heteroatoms. The van der Waals surface area contributed by atoms with Crippen LogP contribution in [0.4, 0.5) is 0 Å². The van der Waals surface area contributed by atoms with Crippen molar-refractivity contribution >= 4 is 11.9 Å². The number of nitrogens with zero attached hydrogens (tertiary/aromatic N) is 2. The molecule has 3 rings (SSSR count). The van der Waals surface area contributed by atoms with Gasteiger partial charge < -0.3 is 15.5 Å².